The molecule has 1 saturated carbocycles. The molecule has 1 aromatic carbocycles. The Morgan fingerprint density at radius 3 is 2.59 bits per heavy atom. The first-order valence-electron chi connectivity index (χ1n) is 13.2. The zero-order valence-corrected chi connectivity index (χ0v) is 21.8. The molecule has 0 N–H and O–H groups in total. The van der Waals surface area contributed by atoms with Gasteiger partial charge in [0, 0.05) is 43.9 Å². The zero-order chi connectivity index (χ0) is 25.5. The topological polar surface area (TPSA) is 87.3 Å². The van der Waals surface area contributed by atoms with E-state index in [1.165, 1.54) is 25.9 Å². The van der Waals surface area contributed by atoms with Crippen molar-refractivity contribution >= 4 is 22.1 Å². The SMILES string of the molecule is COC1CC(n2c(=O)n(C)c3nnc4ccc(-c5ccc([C@@H](C)OCCN6CCCC6)nc5)cc4c32)C1. The summed E-state index contributed by atoms with van der Waals surface area (Å²) in [5.74, 6) is 0. The molecule has 1 saturated heterocycles. The van der Waals surface area contributed by atoms with Crippen molar-refractivity contribution in [1.82, 2.24) is 29.2 Å². The molecule has 0 radical (unpaired) electrons. The van der Waals surface area contributed by atoms with Crippen LogP contribution in [0.5, 0.6) is 0 Å². The first kappa shape index (κ1) is 24.2. The van der Waals surface area contributed by atoms with Gasteiger partial charge in [0.1, 0.15) is 5.52 Å². The summed E-state index contributed by atoms with van der Waals surface area (Å²) in [7, 11) is 3.48. The molecule has 0 spiro atoms. The van der Waals surface area contributed by atoms with E-state index in [-0.39, 0.29) is 23.9 Å². The minimum atomic E-state index is -0.0634. The largest absolute Gasteiger partial charge is 0.381 e. The molecule has 1 aliphatic carbocycles. The Morgan fingerprint density at radius 2 is 1.86 bits per heavy atom. The van der Waals surface area contributed by atoms with Gasteiger partial charge in [0.05, 0.1) is 30.0 Å². The van der Waals surface area contributed by atoms with E-state index in [9.17, 15) is 4.79 Å². The van der Waals surface area contributed by atoms with Crippen molar-refractivity contribution < 1.29 is 9.47 Å². The summed E-state index contributed by atoms with van der Waals surface area (Å²) in [4.78, 5) is 20.3. The quantitative estimate of drug-likeness (QED) is 0.361. The lowest BCUT2D eigenvalue weighted by Gasteiger charge is -2.34. The number of aryl methyl sites for hydroxylation is 1. The highest BCUT2D eigenvalue weighted by molar-refractivity contribution is 6.02. The van der Waals surface area contributed by atoms with Gasteiger partial charge in [-0.15, -0.1) is 10.2 Å². The zero-order valence-electron chi connectivity index (χ0n) is 21.8. The highest BCUT2D eigenvalue weighted by Crippen LogP contribution is 2.37. The fraction of sp³-hybridized carbons (Fsp3) is 0.500. The van der Waals surface area contributed by atoms with Crippen molar-refractivity contribution in [2.75, 3.05) is 33.4 Å². The monoisotopic (exact) mass is 502 g/mol. The van der Waals surface area contributed by atoms with Gasteiger partial charge in [-0.3, -0.25) is 14.1 Å². The maximum Gasteiger partial charge on any atom is 0.330 e. The highest BCUT2D eigenvalue weighted by Gasteiger charge is 2.34. The Morgan fingerprint density at radius 1 is 1.08 bits per heavy atom. The van der Waals surface area contributed by atoms with Gasteiger partial charge in [-0.2, -0.15) is 0 Å². The van der Waals surface area contributed by atoms with E-state index in [0.717, 1.165) is 59.2 Å². The molecule has 37 heavy (non-hydrogen) atoms. The summed E-state index contributed by atoms with van der Waals surface area (Å²) in [6, 6.07) is 10.3. The van der Waals surface area contributed by atoms with Crippen LogP contribution in [-0.2, 0) is 16.5 Å². The number of likely N-dealkylation sites (tertiary alicyclic amines) is 1. The molecule has 1 atom stereocenters. The van der Waals surface area contributed by atoms with E-state index in [2.05, 4.69) is 34.2 Å². The van der Waals surface area contributed by atoms with Crippen LogP contribution in [0.4, 0.5) is 0 Å². The Hall–Kier alpha value is -3.14. The van der Waals surface area contributed by atoms with Gasteiger partial charge in [0.15, 0.2) is 5.65 Å². The molecule has 0 amide bonds. The van der Waals surface area contributed by atoms with Crippen molar-refractivity contribution in [2.45, 2.75) is 50.9 Å². The molecule has 9 nitrogen and oxygen atoms in total. The van der Waals surface area contributed by atoms with Crippen LogP contribution in [-0.4, -0.2) is 68.7 Å². The number of pyridine rings is 1. The molecule has 6 rings (SSSR count). The van der Waals surface area contributed by atoms with Crippen molar-refractivity contribution in [3.8, 4) is 11.1 Å². The molecule has 9 heteroatoms. The van der Waals surface area contributed by atoms with Crippen LogP contribution in [0.25, 0.3) is 33.2 Å². The third-order valence-corrected chi connectivity index (χ3v) is 8.05. The van der Waals surface area contributed by atoms with Crippen LogP contribution in [0.1, 0.15) is 50.4 Å². The summed E-state index contributed by atoms with van der Waals surface area (Å²) < 4.78 is 15.0. The van der Waals surface area contributed by atoms with Crippen molar-refractivity contribution in [3.63, 3.8) is 0 Å². The van der Waals surface area contributed by atoms with E-state index in [0.29, 0.717) is 5.65 Å². The number of ether oxygens (including phenoxy) is 2. The second-order valence-corrected chi connectivity index (χ2v) is 10.3. The fourth-order valence-electron chi connectivity index (χ4n) is 5.62. The number of methoxy groups -OCH3 is 1. The van der Waals surface area contributed by atoms with Crippen LogP contribution in [0.2, 0.25) is 0 Å². The molecule has 3 aromatic heterocycles. The number of aromatic nitrogens is 5. The molecule has 2 aliphatic rings. The Labute approximate surface area is 216 Å². The summed E-state index contributed by atoms with van der Waals surface area (Å²) in [5, 5.41) is 9.71. The van der Waals surface area contributed by atoms with Gasteiger partial charge in [-0.25, -0.2) is 4.79 Å². The normalized spacial score (nSPS) is 21.1. The predicted octanol–water partition coefficient (Wildman–Crippen LogP) is 3.87. The maximum absolute atomic E-state index is 13.2. The van der Waals surface area contributed by atoms with Crippen LogP contribution in [0.3, 0.4) is 0 Å². The van der Waals surface area contributed by atoms with Gasteiger partial charge >= 0.3 is 5.69 Å². The number of nitrogens with zero attached hydrogens (tertiary/aromatic N) is 6. The van der Waals surface area contributed by atoms with Gasteiger partial charge in [0.25, 0.3) is 0 Å². The molecular weight excluding hydrogens is 468 g/mol. The molecule has 2 fully saturated rings. The second-order valence-electron chi connectivity index (χ2n) is 10.3. The predicted molar refractivity (Wildman–Crippen MR) is 143 cm³/mol. The van der Waals surface area contributed by atoms with E-state index >= 15 is 0 Å². The molecule has 0 bridgehead atoms. The van der Waals surface area contributed by atoms with E-state index < -0.39 is 0 Å². The van der Waals surface area contributed by atoms with Gasteiger partial charge in [-0.05, 0) is 69.5 Å². The summed E-state index contributed by atoms with van der Waals surface area (Å²) >= 11 is 0. The molecule has 1 aliphatic heterocycles. The first-order valence-corrected chi connectivity index (χ1v) is 13.2. The number of fused-ring (bicyclic) bond motifs is 3. The molecule has 0 unspecified atom stereocenters. The Balaban J connectivity index is 1.28. The standard InChI is InChI=1S/C28H34N6O3/c1-18(37-13-12-33-10-4-5-11-33)24-8-7-20(17-29-24)19-6-9-25-23(14-19)26-27(31-30-25)32(2)28(35)34(26)21-15-22(16-21)36-3/h6-9,14,17-18,21-22H,4-5,10-13,15-16H2,1-3H3/t18-,21?,22?/m1/s1. The van der Waals surface area contributed by atoms with E-state index in [4.69, 9.17) is 14.5 Å². The van der Waals surface area contributed by atoms with Crippen LogP contribution in [0, 0.1) is 0 Å². The second kappa shape index (κ2) is 9.96. The van der Waals surface area contributed by atoms with Crippen molar-refractivity contribution in [3.05, 3.63) is 52.7 Å². The lowest BCUT2D eigenvalue weighted by molar-refractivity contribution is 0.00635. The maximum atomic E-state index is 13.2. The van der Waals surface area contributed by atoms with Gasteiger partial charge in [0.2, 0.25) is 0 Å². The number of benzene rings is 1. The van der Waals surface area contributed by atoms with Gasteiger partial charge in [-0.1, -0.05) is 12.1 Å². The van der Waals surface area contributed by atoms with Crippen molar-refractivity contribution in [2.24, 2.45) is 7.05 Å². The number of rotatable bonds is 8. The van der Waals surface area contributed by atoms with Crippen LogP contribution in [0.15, 0.2) is 41.3 Å². The average molecular weight is 503 g/mol. The lowest BCUT2D eigenvalue weighted by atomic mass is 9.89. The number of imidazole rings is 1. The van der Waals surface area contributed by atoms with Gasteiger partial charge < -0.3 is 14.4 Å². The van der Waals surface area contributed by atoms with E-state index in [1.54, 1.807) is 18.7 Å². The molecule has 4 aromatic rings. The smallest absolute Gasteiger partial charge is 0.330 e. The van der Waals surface area contributed by atoms with Crippen LogP contribution >= 0.6 is 0 Å². The molecular formula is C28H34N6O3. The van der Waals surface area contributed by atoms with Crippen LogP contribution < -0.4 is 5.69 Å². The minimum absolute atomic E-state index is 0.0553. The Bertz CT molecular complexity index is 1470. The summed E-state index contributed by atoms with van der Waals surface area (Å²) in [6.07, 6.45) is 6.27. The average Bonchev–Trinajstić information content (AvgIpc) is 3.50. The Kier molecular flexibility index (Phi) is 6.52. The molecule has 194 valence electrons. The van der Waals surface area contributed by atoms with Crippen molar-refractivity contribution in [1.29, 1.82) is 0 Å². The summed E-state index contributed by atoms with van der Waals surface area (Å²) in [6.45, 7) is 6.12. The van der Waals surface area contributed by atoms with E-state index in [1.807, 2.05) is 29.0 Å². The molecule has 4 heterocycles. The number of hydrogen-bond acceptors (Lipinski definition) is 7. The lowest BCUT2D eigenvalue weighted by Crippen LogP contribution is -2.37. The first-order chi connectivity index (χ1) is 18.0. The third-order valence-electron chi connectivity index (χ3n) is 8.05. The number of hydrogen-bond donors (Lipinski definition) is 0. The highest BCUT2D eigenvalue weighted by atomic mass is 16.5. The summed E-state index contributed by atoms with van der Waals surface area (Å²) in [5.41, 5.74) is 5.10. The fourth-order valence-corrected chi connectivity index (χ4v) is 5.62. The third kappa shape index (κ3) is 4.45. The minimum Gasteiger partial charge on any atom is -0.381 e.